The average Bonchev–Trinajstić information content (AvgIpc) is 2.58. The van der Waals surface area contributed by atoms with Gasteiger partial charge < -0.3 is 16.0 Å². The highest BCUT2D eigenvalue weighted by molar-refractivity contribution is 6.31. The van der Waals surface area contributed by atoms with E-state index in [1.54, 1.807) is 25.1 Å². The predicted octanol–water partition coefficient (Wildman–Crippen LogP) is 4.22. The molecule has 2 aromatic rings. The second-order valence-electron chi connectivity index (χ2n) is 6.29. The summed E-state index contributed by atoms with van der Waals surface area (Å²) < 4.78 is 0. The van der Waals surface area contributed by atoms with E-state index in [1.165, 1.54) is 0 Å². The molecule has 3 amide bonds. The third kappa shape index (κ3) is 3.44. The molecule has 0 bridgehead atoms. The molecule has 0 spiro atoms. The van der Waals surface area contributed by atoms with E-state index in [0.29, 0.717) is 22.0 Å². The van der Waals surface area contributed by atoms with Gasteiger partial charge in [-0.15, -0.1) is 0 Å². The summed E-state index contributed by atoms with van der Waals surface area (Å²) in [4.78, 5) is 25.0. The molecular formula is C20H20ClN3O2. The molecule has 0 aliphatic carbocycles. The molecule has 3 N–H and O–H groups in total. The number of carbonyl (C=O) groups excluding carboxylic acids is 2. The van der Waals surface area contributed by atoms with Crippen molar-refractivity contribution >= 4 is 29.2 Å². The van der Waals surface area contributed by atoms with Crippen LogP contribution < -0.4 is 16.0 Å². The topological polar surface area (TPSA) is 70.2 Å². The summed E-state index contributed by atoms with van der Waals surface area (Å²) >= 11 is 6.14. The van der Waals surface area contributed by atoms with E-state index in [0.717, 1.165) is 16.7 Å². The smallest absolute Gasteiger partial charge is 0.319 e. The van der Waals surface area contributed by atoms with Gasteiger partial charge in [-0.25, -0.2) is 4.79 Å². The van der Waals surface area contributed by atoms with Crippen LogP contribution in [-0.4, -0.2) is 11.9 Å². The molecular weight excluding hydrogens is 350 g/mol. The van der Waals surface area contributed by atoms with Gasteiger partial charge in [-0.2, -0.15) is 0 Å². The second kappa shape index (κ2) is 7.22. The zero-order chi connectivity index (χ0) is 18.8. The SMILES string of the molecule is CC1=C(C(=O)Nc2cccc(Cl)c2C)C(c2ccccc2C)NC(=O)N1. The molecule has 1 unspecified atom stereocenters. The number of anilines is 1. The Kier molecular flexibility index (Phi) is 5.00. The first kappa shape index (κ1) is 18.0. The van der Waals surface area contributed by atoms with E-state index < -0.39 is 6.04 Å². The van der Waals surface area contributed by atoms with E-state index in [9.17, 15) is 9.59 Å². The molecule has 3 rings (SSSR count). The van der Waals surface area contributed by atoms with Crippen LogP contribution in [0.2, 0.25) is 5.02 Å². The van der Waals surface area contributed by atoms with E-state index in [4.69, 9.17) is 11.6 Å². The fourth-order valence-electron chi connectivity index (χ4n) is 3.07. The third-order valence-corrected chi connectivity index (χ3v) is 4.94. The lowest BCUT2D eigenvalue weighted by atomic mass is 9.92. The van der Waals surface area contributed by atoms with Gasteiger partial charge in [0.05, 0.1) is 11.6 Å². The van der Waals surface area contributed by atoms with Gasteiger partial charge in [0.1, 0.15) is 0 Å². The van der Waals surface area contributed by atoms with Crippen LogP contribution >= 0.6 is 11.6 Å². The maximum absolute atomic E-state index is 13.0. The van der Waals surface area contributed by atoms with Crippen molar-refractivity contribution in [2.75, 3.05) is 5.32 Å². The van der Waals surface area contributed by atoms with Crippen LogP contribution in [0.5, 0.6) is 0 Å². The molecule has 2 aromatic carbocycles. The molecule has 6 heteroatoms. The number of hydrogen-bond acceptors (Lipinski definition) is 2. The maximum atomic E-state index is 13.0. The Morgan fingerprint density at radius 2 is 1.81 bits per heavy atom. The highest BCUT2D eigenvalue weighted by atomic mass is 35.5. The Bertz CT molecular complexity index is 921. The van der Waals surface area contributed by atoms with Crippen molar-refractivity contribution in [1.29, 1.82) is 0 Å². The summed E-state index contributed by atoms with van der Waals surface area (Å²) in [5.41, 5.74) is 4.31. The molecule has 1 aliphatic heterocycles. The van der Waals surface area contributed by atoms with Crippen LogP contribution in [0.15, 0.2) is 53.7 Å². The van der Waals surface area contributed by atoms with Crippen LogP contribution in [0.3, 0.4) is 0 Å². The number of rotatable bonds is 3. The van der Waals surface area contributed by atoms with E-state index in [-0.39, 0.29) is 11.9 Å². The summed E-state index contributed by atoms with van der Waals surface area (Å²) in [5.74, 6) is -0.284. The summed E-state index contributed by atoms with van der Waals surface area (Å²) in [6, 6.07) is 12.2. The van der Waals surface area contributed by atoms with Crippen molar-refractivity contribution < 1.29 is 9.59 Å². The number of halogens is 1. The minimum Gasteiger partial charge on any atom is -0.327 e. The number of benzene rings is 2. The minimum atomic E-state index is -0.524. The van der Waals surface area contributed by atoms with Crippen molar-refractivity contribution in [3.8, 4) is 0 Å². The Morgan fingerprint density at radius 3 is 2.54 bits per heavy atom. The largest absolute Gasteiger partial charge is 0.327 e. The molecule has 0 saturated heterocycles. The summed E-state index contributed by atoms with van der Waals surface area (Å²) in [6.45, 7) is 5.53. The number of hydrogen-bond donors (Lipinski definition) is 3. The fraction of sp³-hybridized carbons (Fsp3) is 0.200. The number of carbonyl (C=O) groups is 2. The van der Waals surface area contributed by atoms with Gasteiger partial charge in [-0.3, -0.25) is 4.79 Å². The highest BCUT2D eigenvalue weighted by Crippen LogP contribution is 2.30. The monoisotopic (exact) mass is 369 g/mol. The van der Waals surface area contributed by atoms with E-state index in [2.05, 4.69) is 16.0 Å². The quantitative estimate of drug-likeness (QED) is 0.757. The van der Waals surface area contributed by atoms with Gasteiger partial charge in [0, 0.05) is 16.4 Å². The Hall–Kier alpha value is -2.79. The lowest BCUT2D eigenvalue weighted by molar-refractivity contribution is -0.113. The molecule has 134 valence electrons. The maximum Gasteiger partial charge on any atom is 0.319 e. The number of urea groups is 1. The molecule has 0 saturated carbocycles. The van der Waals surface area contributed by atoms with Crippen molar-refractivity contribution in [1.82, 2.24) is 10.6 Å². The van der Waals surface area contributed by atoms with Crippen LogP contribution in [0.4, 0.5) is 10.5 Å². The zero-order valence-corrected chi connectivity index (χ0v) is 15.6. The number of amides is 3. The standard InChI is InChI=1S/C20H20ClN3O2/c1-11-7-4-5-8-14(11)18-17(13(3)22-20(26)24-18)19(25)23-16-10-6-9-15(21)12(16)2/h4-10,18H,1-3H3,(H,23,25)(H2,22,24,26). The molecule has 26 heavy (non-hydrogen) atoms. The molecule has 1 aliphatic rings. The molecule has 0 radical (unpaired) electrons. The molecule has 5 nitrogen and oxygen atoms in total. The Morgan fingerprint density at radius 1 is 1.08 bits per heavy atom. The first-order valence-corrected chi connectivity index (χ1v) is 8.66. The molecule has 0 fully saturated rings. The van der Waals surface area contributed by atoms with E-state index >= 15 is 0 Å². The molecule has 1 heterocycles. The van der Waals surface area contributed by atoms with Crippen LogP contribution in [0.25, 0.3) is 0 Å². The second-order valence-corrected chi connectivity index (χ2v) is 6.70. The first-order valence-electron chi connectivity index (χ1n) is 8.28. The Balaban J connectivity index is 2.00. The lowest BCUT2D eigenvalue weighted by Crippen LogP contribution is -2.46. The minimum absolute atomic E-state index is 0.284. The van der Waals surface area contributed by atoms with E-state index in [1.807, 2.05) is 38.1 Å². The van der Waals surface area contributed by atoms with Gasteiger partial charge >= 0.3 is 6.03 Å². The normalized spacial score (nSPS) is 16.8. The van der Waals surface area contributed by atoms with Crippen molar-refractivity contribution in [2.45, 2.75) is 26.8 Å². The van der Waals surface area contributed by atoms with Crippen molar-refractivity contribution in [2.24, 2.45) is 0 Å². The van der Waals surface area contributed by atoms with Crippen LogP contribution in [0.1, 0.15) is 29.7 Å². The molecule has 1 atom stereocenters. The van der Waals surface area contributed by atoms with Gasteiger partial charge in [-0.1, -0.05) is 41.9 Å². The summed E-state index contributed by atoms with van der Waals surface area (Å²) in [6.07, 6.45) is 0. The number of aryl methyl sites for hydroxylation is 1. The van der Waals surface area contributed by atoms with Crippen LogP contribution in [0, 0.1) is 13.8 Å². The van der Waals surface area contributed by atoms with Gasteiger partial charge in [-0.05, 0) is 49.6 Å². The Labute approximate surface area is 157 Å². The highest BCUT2D eigenvalue weighted by Gasteiger charge is 2.32. The average molecular weight is 370 g/mol. The predicted molar refractivity (Wildman–Crippen MR) is 103 cm³/mol. The van der Waals surface area contributed by atoms with Crippen LogP contribution in [-0.2, 0) is 4.79 Å². The summed E-state index contributed by atoms with van der Waals surface area (Å²) in [5, 5.41) is 9.03. The third-order valence-electron chi connectivity index (χ3n) is 4.53. The van der Waals surface area contributed by atoms with Gasteiger partial charge in [0.25, 0.3) is 5.91 Å². The van der Waals surface area contributed by atoms with Gasteiger partial charge in [0.15, 0.2) is 0 Å². The number of nitrogens with one attached hydrogen (secondary N) is 3. The van der Waals surface area contributed by atoms with Gasteiger partial charge in [0.2, 0.25) is 0 Å². The number of allylic oxidation sites excluding steroid dienone is 1. The first-order chi connectivity index (χ1) is 12.4. The molecule has 0 aromatic heterocycles. The zero-order valence-electron chi connectivity index (χ0n) is 14.8. The van der Waals surface area contributed by atoms with Crippen molar-refractivity contribution in [3.63, 3.8) is 0 Å². The lowest BCUT2D eigenvalue weighted by Gasteiger charge is -2.29. The summed E-state index contributed by atoms with van der Waals surface area (Å²) in [7, 11) is 0. The van der Waals surface area contributed by atoms with Crippen molar-refractivity contribution in [3.05, 3.63) is 75.4 Å². The fourth-order valence-corrected chi connectivity index (χ4v) is 3.25.